The summed E-state index contributed by atoms with van der Waals surface area (Å²) in [5.74, 6) is 1.52. The number of hydrogen-bond acceptors (Lipinski definition) is 4. The highest BCUT2D eigenvalue weighted by atomic mass is 16.5. The quantitative estimate of drug-likeness (QED) is 0.903. The van der Waals surface area contributed by atoms with Crippen LogP contribution < -0.4 is 10.1 Å². The van der Waals surface area contributed by atoms with Crippen molar-refractivity contribution in [3.8, 4) is 5.88 Å². The standard InChI is InChI=1S/C16H30N4O/c1-6-20-10-8-7-9-13(11-17-3)15(20)14-12(2)18-19(4)16(14)21-5/h13,15,17H,6-11H2,1-5H3. The van der Waals surface area contributed by atoms with Crippen molar-refractivity contribution < 1.29 is 4.74 Å². The van der Waals surface area contributed by atoms with Crippen LogP contribution in [0, 0.1) is 12.8 Å². The van der Waals surface area contributed by atoms with Crippen LogP contribution in [0.3, 0.4) is 0 Å². The Balaban J connectivity index is 2.46. The van der Waals surface area contributed by atoms with Crippen LogP contribution in [0.4, 0.5) is 0 Å². The number of nitrogens with zero attached hydrogens (tertiary/aromatic N) is 3. The predicted octanol–water partition coefficient (Wildman–Crippen LogP) is 2.12. The Kier molecular flexibility index (Phi) is 5.65. The Morgan fingerprint density at radius 1 is 1.38 bits per heavy atom. The molecule has 1 fully saturated rings. The molecule has 1 aliphatic heterocycles. The Labute approximate surface area is 128 Å². The van der Waals surface area contributed by atoms with Crippen molar-refractivity contribution in [2.45, 2.75) is 39.2 Å². The molecule has 1 aliphatic rings. The smallest absolute Gasteiger partial charge is 0.216 e. The second-order valence-electron chi connectivity index (χ2n) is 6.02. The number of likely N-dealkylation sites (tertiary alicyclic amines) is 1. The van der Waals surface area contributed by atoms with E-state index in [1.54, 1.807) is 7.11 Å². The van der Waals surface area contributed by atoms with Crippen molar-refractivity contribution in [3.63, 3.8) is 0 Å². The fourth-order valence-corrected chi connectivity index (χ4v) is 3.80. The minimum atomic E-state index is 0.397. The maximum atomic E-state index is 5.66. The minimum Gasteiger partial charge on any atom is -0.481 e. The van der Waals surface area contributed by atoms with Gasteiger partial charge in [0, 0.05) is 13.1 Å². The molecule has 5 heteroatoms. The second-order valence-corrected chi connectivity index (χ2v) is 6.02. The average Bonchev–Trinajstić information content (AvgIpc) is 2.63. The molecule has 1 saturated heterocycles. The topological polar surface area (TPSA) is 42.3 Å². The monoisotopic (exact) mass is 294 g/mol. The molecule has 120 valence electrons. The highest BCUT2D eigenvalue weighted by Gasteiger charge is 2.35. The van der Waals surface area contributed by atoms with Crippen molar-refractivity contribution >= 4 is 0 Å². The first-order chi connectivity index (χ1) is 10.1. The van der Waals surface area contributed by atoms with Gasteiger partial charge < -0.3 is 10.1 Å². The third kappa shape index (κ3) is 3.24. The van der Waals surface area contributed by atoms with E-state index in [9.17, 15) is 0 Å². The van der Waals surface area contributed by atoms with Gasteiger partial charge in [0.15, 0.2) is 0 Å². The fraction of sp³-hybridized carbons (Fsp3) is 0.812. The SMILES string of the molecule is CCN1CCCCC(CNC)C1c1c(C)nn(C)c1OC. The van der Waals surface area contributed by atoms with Gasteiger partial charge >= 0.3 is 0 Å². The van der Waals surface area contributed by atoms with Crippen LogP contribution in [0.2, 0.25) is 0 Å². The van der Waals surface area contributed by atoms with Crippen LogP contribution in [0.1, 0.15) is 43.5 Å². The molecule has 5 nitrogen and oxygen atoms in total. The summed E-state index contributed by atoms with van der Waals surface area (Å²) in [6.07, 6.45) is 3.85. The first-order valence-corrected chi connectivity index (χ1v) is 8.10. The van der Waals surface area contributed by atoms with Crippen molar-refractivity contribution in [1.82, 2.24) is 20.0 Å². The number of methoxy groups -OCH3 is 1. The normalized spacial score (nSPS) is 24.0. The van der Waals surface area contributed by atoms with Gasteiger partial charge in [-0.25, -0.2) is 4.68 Å². The van der Waals surface area contributed by atoms with Crippen LogP contribution in [-0.2, 0) is 7.05 Å². The zero-order chi connectivity index (χ0) is 15.4. The van der Waals surface area contributed by atoms with E-state index in [0.29, 0.717) is 12.0 Å². The Morgan fingerprint density at radius 3 is 2.76 bits per heavy atom. The first kappa shape index (κ1) is 16.3. The van der Waals surface area contributed by atoms with E-state index < -0.39 is 0 Å². The molecule has 0 aromatic carbocycles. The lowest BCUT2D eigenvalue weighted by Gasteiger charge is -2.34. The molecule has 0 aliphatic carbocycles. The van der Waals surface area contributed by atoms with Crippen molar-refractivity contribution in [3.05, 3.63) is 11.3 Å². The van der Waals surface area contributed by atoms with Gasteiger partial charge in [-0.2, -0.15) is 5.10 Å². The molecule has 21 heavy (non-hydrogen) atoms. The van der Waals surface area contributed by atoms with Crippen LogP contribution in [0.25, 0.3) is 0 Å². The lowest BCUT2D eigenvalue weighted by Crippen LogP contribution is -2.36. The van der Waals surface area contributed by atoms with Gasteiger partial charge in [0.2, 0.25) is 5.88 Å². The molecule has 0 bridgehead atoms. The van der Waals surface area contributed by atoms with Gasteiger partial charge in [-0.3, -0.25) is 4.90 Å². The second kappa shape index (κ2) is 7.27. The maximum absolute atomic E-state index is 5.66. The Bertz CT molecular complexity index is 457. The molecule has 0 saturated carbocycles. The van der Waals surface area contributed by atoms with Gasteiger partial charge in [0.25, 0.3) is 0 Å². The molecule has 1 aromatic rings. The molecule has 2 rings (SSSR count). The van der Waals surface area contributed by atoms with Gasteiger partial charge in [-0.05, 0) is 52.4 Å². The number of aromatic nitrogens is 2. The largest absolute Gasteiger partial charge is 0.481 e. The zero-order valence-corrected chi connectivity index (χ0v) is 14.1. The predicted molar refractivity (Wildman–Crippen MR) is 85.8 cm³/mol. The summed E-state index contributed by atoms with van der Waals surface area (Å²) in [5.41, 5.74) is 2.38. The molecule has 0 amide bonds. The van der Waals surface area contributed by atoms with Gasteiger partial charge in [-0.1, -0.05) is 13.3 Å². The van der Waals surface area contributed by atoms with Gasteiger partial charge in [-0.15, -0.1) is 0 Å². The fourth-order valence-electron chi connectivity index (χ4n) is 3.80. The first-order valence-electron chi connectivity index (χ1n) is 8.10. The summed E-state index contributed by atoms with van der Waals surface area (Å²) in [6.45, 7) is 7.64. The van der Waals surface area contributed by atoms with E-state index >= 15 is 0 Å². The number of ether oxygens (including phenoxy) is 1. The third-order valence-electron chi connectivity index (χ3n) is 4.69. The average molecular weight is 294 g/mol. The molecular weight excluding hydrogens is 264 g/mol. The number of nitrogens with one attached hydrogen (secondary N) is 1. The summed E-state index contributed by atoms with van der Waals surface area (Å²) in [7, 11) is 5.76. The van der Waals surface area contributed by atoms with Crippen LogP contribution >= 0.6 is 0 Å². The Morgan fingerprint density at radius 2 is 2.14 bits per heavy atom. The third-order valence-corrected chi connectivity index (χ3v) is 4.69. The van der Waals surface area contributed by atoms with Gasteiger partial charge in [0.1, 0.15) is 0 Å². The summed E-state index contributed by atoms with van der Waals surface area (Å²) in [5, 5.41) is 7.97. The molecule has 0 radical (unpaired) electrons. The molecule has 2 atom stereocenters. The number of hydrogen-bond donors (Lipinski definition) is 1. The van der Waals surface area contributed by atoms with E-state index in [1.165, 1.54) is 31.4 Å². The molecule has 2 unspecified atom stereocenters. The molecule has 1 N–H and O–H groups in total. The number of aryl methyl sites for hydroxylation is 2. The maximum Gasteiger partial charge on any atom is 0.216 e. The van der Waals surface area contributed by atoms with Gasteiger partial charge in [0.05, 0.1) is 18.4 Å². The lowest BCUT2D eigenvalue weighted by molar-refractivity contribution is 0.158. The van der Waals surface area contributed by atoms with E-state index in [4.69, 9.17) is 4.74 Å². The molecular formula is C16H30N4O. The number of rotatable bonds is 5. The highest BCUT2D eigenvalue weighted by molar-refractivity contribution is 5.35. The van der Waals surface area contributed by atoms with Crippen molar-refractivity contribution in [2.75, 3.05) is 33.8 Å². The van der Waals surface area contributed by atoms with Crippen molar-refractivity contribution in [1.29, 1.82) is 0 Å². The minimum absolute atomic E-state index is 0.397. The van der Waals surface area contributed by atoms with E-state index in [1.807, 2.05) is 18.8 Å². The zero-order valence-electron chi connectivity index (χ0n) is 14.1. The highest BCUT2D eigenvalue weighted by Crippen LogP contribution is 2.40. The molecule has 2 heterocycles. The molecule has 1 aromatic heterocycles. The van der Waals surface area contributed by atoms with E-state index in [2.05, 4.69) is 29.2 Å². The van der Waals surface area contributed by atoms with Crippen LogP contribution in [0.5, 0.6) is 5.88 Å². The van der Waals surface area contributed by atoms with Crippen LogP contribution in [0.15, 0.2) is 0 Å². The van der Waals surface area contributed by atoms with E-state index in [0.717, 1.165) is 24.7 Å². The lowest BCUT2D eigenvalue weighted by atomic mass is 9.89. The summed E-state index contributed by atoms with van der Waals surface area (Å²) in [6, 6.07) is 0.397. The van der Waals surface area contributed by atoms with Crippen LogP contribution in [-0.4, -0.2) is 48.5 Å². The van der Waals surface area contributed by atoms with E-state index in [-0.39, 0.29) is 0 Å². The summed E-state index contributed by atoms with van der Waals surface area (Å²) >= 11 is 0. The Hall–Kier alpha value is -1.07. The molecule has 0 spiro atoms. The summed E-state index contributed by atoms with van der Waals surface area (Å²) in [4.78, 5) is 2.60. The summed E-state index contributed by atoms with van der Waals surface area (Å²) < 4.78 is 7.54. The van der Waals surface area contributed by atoms with Crippen molar-refractivity contribution in [2.24, 2.45) is 13.0 Å².